The Morgan fingerprint density at radius 3 is 2.37 bits per heavy atom. The molecule has 3 rings (SSSR count). The summed E-state index contributed by atoms with van der Waals surface area (Å²) in [5.74, 6) is -1.42. The molecule has 0 saturated heterocycles. The highest BCUT2D eigenvalue weighted by molar-refractivity contribution is 5.78. The fourth-order valence-electron chi connectivity index (χ4n) is 3.97. The maximum Gasteiger partial charge on any atom is 0.221 e. The number of hydrogen-bond donors (Lipinski definition) is 4. The van der Waals surface area contributed by atoms with Crippen LogP contribution in [0.2, 0.25) is 0 Å². The van der Waals surface area contributed by atoms with E-state index in [-0.39, 0.29) is 23.9 Å². The number of phenols is 2. The van der Waals surface area contributed by atoms with E-state index in [0.29, 0.717) is 12.2 Å². The topological polar surface area (TPSA) is 122 Å². The number of ether oxygens (including phenoxy) is 2. The molecule has 0 unspecified atom stereocenters. The van der Waals surface area contributed by atoms with Crippen LogP contribution in [0.5, 0.6) is 23.0 Å². The monoisotopic (exact) mass is 373 g/mol. The van der Waals surface area contributed by atoms with Gasteiger partial charge < -0.3 is 30.5 Å². The van der Waals surface area contributed by atoms with Crippen molar-refractivity contribution in [2.24, 2.45) is 17.6 Å². The first kappa shape index (κ1) is 18.8. The second kappa shape index (κ2) is 7.36. The van der Waals surface area contributed by atoms with E-state index in [2.05, 4.69) is 0 Å². The maximum absolute atomic E-state index is 12.1. The Labute approximate surface area is 157 Å². The molecule has 0 saturated carbocycles. The Morgan fingerprint density at radius 2 is 1.78 bits per heavy atom. The molecule has 5 N–H and O–H groups in total. The number of carbonyl (C=O) groups is 1. The van der Waals surface area contributed by atoms with E-state index in [1.165, 1.54) is 20.3 Å². The van der Waals surface area contributed by atoms with Gasteiger partial charge in [-0.25, -0.2) is 0 Å². The summed E-state index contributed by atoms with van der Waals surface area (Å²) >= 11 is 0. The zero-order valence-corrected chi connectivity index (χ0v) is 15.2. The third-order valence-electron chi connectivity index (χ3n) is 5.30. The van der Waals surface area contributed by atoms with Gasteiger partial charge in [-0.3, -0.25) is 4.79 Å². The van der Waals surface area contributed by atoms with Crippen molar-refractivity contribution in [2.45, 2.75) is 12.3 Å². The van der Waals surface area contributed by atoms with Gasteiger partial charge in [0.15, 0.2) is 23.0 Å². The molecular formula is C20H23NO6. The number of amides is 1. The summed E-state index contributed by atoms with van der Waals surface area (Å²) in [7, 11) is 2.90. The molecule has 0 heterocycles. The molecule has 0 aliphatic heterocycles. The van der Waals surface area contributed by atoms with E-state index in [9.17, 15) is 20.1 Å². The summed E-state index contributed by atoms with van der Waals surface area (Å²) in [4.78, 5) is 12.1. The lowest BCUT2D eigenvalue weighted by molar-refractivity contribution is -0.124. The van der Waals surface area contributed by atoms with Gasteiger partial charge in [-0.15, -0.1) is 0 Å². The smallest absolute Gasteiger partial charge is 0.221 e. The van der Waals surface area contributed by atoms with Crippen molar-refractivity contribution in [1.29, 1.82) is 0 Å². The van der Waals surface area contributed by atoms with Crippen LogP contribution in [0.1, 0.15) is 22.6 Å². The maximum atomic E-state index is 12.1. The zero-order chi connectivity index (χ0) is 19.7. The highest BCUT2D eigenvalue weighted by Crippen LogP contribution is 2.47. The quantitative estimate of drug-likeness (QED) is 0.630. The summed E-state index contributed by atoms with van der Waals surface area (Å²) in [5, 5.41) is 30.2. The average molecular weight is 373 g/mol. The molecule has 0 bridgehead atoms. The van der Waals surface area contributed by atoms with Crippen LogP contribution in [0.4, 0.5) is 0 Å². The van der Waals surface area contributed by atoms with Crippen molar-refractivity contribution < 1.29 is 29.6 Å². The average Bonchev–Trinajstić information content (AvgIpc) is 2.66. The van der Waals surface area contributed by atoms with Gasteiger partial charge in [0.2, 0.25) is 5.91 Å². The minimum atomic E-state index is -0.582. The number of fused-ring (bicyclic) bond motifs is 1. The molecule has 0 fully saturated rings. The van der Waals surface area contributed by atoms with E-state index < -0.39 is 23.7 Å². The second-order valence-corrected chi connectivity index (χ2v) is 6.69. The van der Waals surface area contributed by atoms with E-state index in [0.717, 1.165) is 16.7 Å². The Bertz CT molecular complexity index is 866. The van der Waals surface area contributed by atoms with Crippen molar-refractivity contribution >= 4 is 5.91 Å². The predicted octanol–water partition coefficient (Wildman–Crippen LogP) is 1.51. The lowest BCUT2D eigenvalue weighted by Gasteiger charge is -2.38. The Kier molecular flexibility index (Phi) is 5.14. The zero-order valence-electron chi connectivity index (χ0n) is 15.2. The van der Waals surface area contributed by atoms with Gasteiger partial charge >= 0.3 is 0 Å². The van der Waals surface area contributed by atoms with Crippen molar-refractivity contribution in [1.82, 2.24) is 0 Å². The van der Waals surface area contributed by atoms with Gasteiger partial charge in [0.25, 0.3) is 0 Å². The first-order valence-electron chi connectivity index (χ1n) is 8.58. The Balaban J connectivity index is 2.22. The van der Waals surface area contributed by atoms with E-state index in [1.807, 2.05) is 0 Å². The van der Waals surface area contributed by atoms with Crippen LogP contribution in [-0.4, -0.2) is 42.1 Å². The van der Waals surface area contributed by atoms with Crippen molar-refractivity contribution in [3.63, 3.8) is 0 Å². The molecule has 2 aromatic carbocycles. The van der Waals surface area contributed by atoms with Crippen LogP contribution in [0.15, 0.2) is 30.3 Å². The lowest BCUT2D eigenvalue weighted by atomic mass is 9.66. The van der Waals surface area contributed by atoms with Gasteiger partial charge in [-0.1, -0.05) is 6.07 Å². The number of aliphatic hydroxyl groups excluding tert-OH is 1. The fraction of sp³-hybridized carbons (Fsp3) is 0.350. The number of benzene rings is 2. The number of phenolic OH excluding ortho intramolecular Hbond substituents is 2. The van der Waals surface area contributed by atoms with Gasteiger partial charge in [0.1, 0.15) is 0 Å². The molecule has 7 heteroatoms. The van der Waals surface area contributed by atoms with Crippen molar-refractivity contribution in [2.75, 3.05) is 20.8 Å². The number of carbonyl (C=O) groups excluding carboxylic acids is 1. The minimum absolute atomic E-state index is 0.0122. The third kappa shape index (κ3) is 3.26. The van der Waals surface area contributed by atoms with Crippen LogP contribution in [0, 0.1) is 11.8 Å². The number of nitrogens with two attached hydrogens (primary N) is 1. The Morgan fingerprint density at radius 1 is 1.11 bits per heavy atom. The highest BCUT2D eigenvalue weighted by Gasteiger charge is 2.40. The Hall–Kier alpha value is -2.93. The molecule has 0 radical (unpaired) electrons. The number of hydrogen-bond acceptors (Lipinski definition) is 6. The van der Waals surface area contributed by atoms with Crippen LogP contribution < -0.4 is 15.2 Å². The molecule has 0 spiro atoms. The highest BCUT2D eigenvalue weighted by atomic mass is 16.5. The summed E-state index contributed by atoms with van der Waals surface area (Å²) in [5.41, 5.74) is 7.94. The third-order valence-corrected chi connectivity index (χ3v) is 5.30. The van der Waals surface area contributed by atoms with Gasteiger partial charge in [-0.05, 0) is 47.4 Å². The molecule has 1 amide bonds. The largest absolute Gasteiger partial charge is 0.504 e. The number of rotatable bonds is 5. The van der Waals surface area contributed by atoms with Gasteiger partial charge in [0.05, 0.1) is 14.2 Å². The molecule has 1 aliphatic carbocycles. The lowest BCUT2D eigenvalue weighted by Crippen LogP contribution is -2.40. The predicted molar refractivity (Wildman–Crippen MR) is 98.1 cm³/mol. The number of primary amides is 1. The molecule has 3 atom stereocenters. The van der Waals surface area contributed by atoms with Gasteiger partial charge in [-0.2, -0.15) is 0 Å². The fourth-order valence-corrected chi connectivity index (χ4v) is 3.97. The molecule has 27 heavy (non-hydrogen) atoms. The standard InChI is InChI=1S/C20H23NO6/c1-26-17-6-10(3-4-15(17)23)19-12-8-16(24)18(27-2)7-11(12)5-13(20(21)25)14(19)9-22/h3-4,6-8,13-14,19,22-24H,5,9H2,1-2H3,(H2,21,25)/t13-,14-,19-/m0/s1. The van der Waals surface area contributed by atoms with Crippen LogP contribution in [0.25, 0.3) is 0 Å². The van der Waals surface area contributed by atoms with Crippen LogP contribution in [-0.2, 0) is 11.2 Å². The molecule has 0 aromatic heterocycles. The molecule has 1 aliphatic rings. The van der Waals surface area contributed by atoms with Crippen LogP contribution in [0.3, 0.4) is 0 Å². The first-order chi connectivity index (χ1) is 12.9. The number of methoxy groups -OCH3 is 2. The summed E-state index contributed by atoms with van der Waals surface area (Å²) in [6, 6.07) is 8.16. The molecule has 2 aromatic rings. The minimum Gasteiger partial charge on any atom is -0.504 e. The number of aromatic hydroxyl groups is 2. The van der Waals surface area contributed by atoms with E-state index in [1.54, 1.807) is 24.3 Å². The molecule has 7 nitrogen and oxygen atoms in total. The normalized spacial score (nSPS) is 21.4. The first-order valence-corrected chi connectivity index (χ1v) is 8.58. The summed E-state index contributed by atoms with van der Waals surface area (Å²) in [6.07, 6.45) is 0.345. The summed E-state index contributed by atoms with van der Waals surface area (Å²) in [6.45, 7) is -0.256. The van der Waals surface area contributed by atoms with E-state index >= 15 is 0 Å². The molecular weight excluding hydrogens is 350 g/mol. The second-order valence-electron chi connectivity index (χ2n) is 6.69. The SMILES string of the molecule is COc1cc([C@H]2c3cc(O)c(OC)cc3C[C@H](C(N)=O)[C@@H]2CO)ccc1O. The summed E-state index contributed by atoms with van der Waals surface area (Å²) < 4.78 is 10.4. The number of aliphatic hydroxyl groups is 1. The van der Waals surface area contributed by atoms with Crippen molar-refractivity contribution in [3.05, 3.63) is 47.0 Å². The van der Waals surface area contributed by atoms with Crippen molar-refractivity contribution in [3.8, 4) is 23.0 Å². The van der Waals surface area contributed by atoms with E-state index in [4.69, 9.17) is 15.2 Å². The van der Waals surface area contributed by atoms with Gasteiger partial charge in [0, 0.05) is 24.4 Å². The van der Waals surface area contributed by atoms with Crippen LogP contribution >= 0.6 is 0 Å². The molecule has 144 valence electrons.